The van der Waals surface area contributed by atoms with E-state index in [0.717, 1.165) is 18.4 Å². The third kappa shape index (κ3) is 4.91. The molecule has 1 unspecified atom stereocenters. The summed E-state index contributed by atoms with van der Waals surface area (Å²) in [6.07, 6.45) is 1.32. The zero-order valence-electron chi connectivity index (χ0n) is 7.76. The number of hydrogen-bond acceptors (Lipinski definition) is 2. The summed E-state index contributed by atoms with van der Waals surface area (Å²) < 4.78 is 0. The minimum Gasteiger partial charge on any atom is -0.383 e. The van der Waals surface area contributed by atoms with Crippen LogP contribution in [0, 0.1) is 0 Å². The monoisotopic (exact) mass is 171 g/mol. The van der Waals surface area contributed by atoms with Crippen LogP contribution in [0.5, 0.6) is 0 Å². The average molecular weight is 171 g/mol. The van der Waals surface area contributed by atoms with E-state index < -0.39 is 6.10 Å². The first-order valence-electron chi connectivity index (χ1n) is 4.12. The predicted molar refractivity (Wildman–Crippen MR) is 48.7 cm³/mol. The van der Waals surface area contributed by atoms with E-state index in [1.807, 2.05) is 6.92 Å². The molecular formula is C9H17NO2. The zero-order chi connectivity index (χ0) is 9.56. The van der Waals surface area contributed by atoms with E-state index >= 15 is 0 Å². The van der Waals surface area contributed by atoms with E-state index in [4.69, 9.17) is 0 Å². The highest BCUT2D eigenvalue weighted by Gasteiger charge is 2.11. The molecule has 0 aromatic heterocycles. The van der Waals surface area contributed by atoms with Crippen molar-refractivity contribution >= 4 is 5.91 Å². The molecule has 0 saturated carbocycles. The molecule has 0 radical (unpaired) electrons. The Kier molecular flexibility index (Phi) is 5.37. The van der Waals surface area contributed by atoms with Crippen molar-refractivity contribution in [3.63, 3.8) is 0 Å². The average Bonchev–Trinajstić information content (AvgIpc) is 2.02. The largest absolute Gasteiger partial charge is 0.383 e. The lowest BCUT2D eigenvalue weighted by Gasteiger charge is -2.07. The van der Waals surface area contributed by atoms with Crippen molar-refractivity contribution in [1.82, 2.24) is 5.32 Å². The van der Waals surface area contributed by atoms with E-state index in [9.17, 15) is 9.90 Å². The molecule has 0 aromatic carbocycles. The van der Waals surface area contributed by atoms with Gasteiger partial charge in [0, 0.05) is 7.05 Å². The third-order valence-electron chi connectivity index (χ3n) is 1.63. The molecule has 0 heterocycles. The molecule has 0 saturated heterocycles. The highest BCUT2D eigenvalue weighted by Crippen LogP contribution is 2.06. The molecule has 0 spiro atoms. The van der Waals surface area contributed by atoms with Gasteiger partial charge in [-0.1, -0.05) is 5.57 Å². The number of allylic oxidation sites excluding steroid dienone is 1. The van der Waals surface area contributed by atoms with Crippen LogP contribution in [-0.4, -0.2) is 24.2 Å². The summed E-state index contributed by atoms with van der Waals surface area (Å²) in [5.41, 5.74) is 1.08. The van der Waals surface area contributed by atoms with Gasteiger partial charge in [-0.25, -0.2) is 0 Å². The summed E-state index contributed by atoms with van der Waals surface area (Å²) in [7, 11) is 1.52. The molecule has 0 bridgehead atoms. The SMILES string of the molecule is C=C(C)CCCC(O)C(=O)NC. The fourth-order valence-corrected chi connectivity index (χ4v) is 0.895. The first-order valence-corrected chi connectivity index (χ1v) is 4.12. The molecule has 2 N–H and O–H groups in total. The second-order valence-electron chi connectivity index (χ2n) is 2.98. The molecule has 0 fully saturated rings. The smallest absolute Gasteiger partial charge is 0.248 e. The van der Waals surface area contributed by atoms with Gasteiger partial charge in [-0.3, -0.25) is 4.79 Å². The van der Waals surface area contributed by atoms with Crippen LogP contribution in [0.3, 0.4) is 0 Å². The van der Waals surface area contributed by atoms with Gasteiger partial charge < -0.3 is 10.4 Å². The Morgan fingerprint density at radius 2 is 2.25 bits per heavy atom. The van der Waals surface area contributed by atoms with Crippen molar-refractivity contribution in [2.24, 2.45) is 0 Å². The fraction of sp³-hybridized carbons (Fsp3) is 0.667. The van der Waals surface area contributed by atoms with Gasteiger partial charge in [0.2, 0.25) is 5.91 Å². The minimum atomic E-state index is -0.866. The first kappa shape index (κ1) is 11.2. The summed E-state index contributed by atoms with van der Waals surface area (Å²) in [4.78, 5) is 10.8. The van der Waals surface area contributed by atoms with Crippen LogP contribution in [-0.2, 0) is 4.79 Å². The van der Waals surface area contributed by atoms with Gasteiger partial charge in [0.25, 0.3) is 0 Å². The number of likely N-dealkylation sites (N-methyl/N-ethyl adjacent to an activating group) is 1. The molecule has 0 aliphatic rings. The van der Waals surface area contributed by atoms with Crippen molar-refractivity contribution in [3.8, 4) is 0 Å². The lowest BCUT2D eigenvalue weighted by atomic mass is 10.1. The van der Waals surface area contributed by atoms with E-state index in [1.54, 1.807) is 0 Å². The number of amides is 1. The second-order valence-corrected chi connectivity index (χ2v) is 2.98. The summed E-state index contributed by atoms with van der Waals surface area (Å²) in [6.45, 7) is 5.67. The fourth-order valence-electron chi connectivity index (χ4n) is 0.895. The Hall–Kier alpha value is -0.830. The van der Waals surface area contributed by atoms with Gasteiger partial charge in [-0.15, -0.1) is 6.58 Å². The maximum absolute atomic E-state index is 10.8. The van der Waals surface area contributed by atoms with Crippen LogP contribution in [0.1, 0.15) is 26.2 Å². The number of aliphatic hydroxyl groups is 1. The van der Waals surface area contributed by atoms with Gasteiger partial charge in [-0.2, -0.15) is 0 Å². The predicted octanol–water partition coefficient (Wildman–Crippen LogP) is 0.840. The summed E-state index contributed by atoms with van der Waals surface area (Å²) >= 11 is 0. The number of carbonyl (C=O) groups is 1. The van der Waals surface area contributed by atoms with Crippen LogP contribution >= 0.6 is 0 Å². The summed E-state index contributed by atoms with van der Waals surface area (Å²) in [6, 6.07) is 0. The van der Waals surface area contributed by atoms with Gasteiger partial charge in [-0.05, 0) is 26.2 Å². The highest BCUT2D eigenvalue weighted by atomic mass is 16.3. The summed E-state index contributed by atoms with van der Waals surface area (Å²) in [5, 5.41) is 11.6. The van der Waals surface area contributed by atoms with Crippen molar-refractivity contribution in [1.29, 1.82) is 0 Å². The van der Waals surface area contributed by atoms with Gasteiger partial charge in [0.1, 0.15) is 6.10 Å². The molecule has 0 aliphatic heterocycles. The molecule has 3 nitrogen and oxygen atoms in total. The Labute approximate surface area is 73.5 Å². The Morgan fingerprint density at radius 3 is 2.67 bits per heavy atom. The molecule has 70 valence electrons. The molecule has 3 heteroatoms. The molecule has 1 atom stereocenters. The van der Waals surface area contributed by atoms with Crippen molar-refractivity contribution in [2.75, 3.05) is 7.05 Å². The molecule has 0 rings (SSSR count). The maximum atomic E-state index is 10.8. The second kappa shape index (κ2) is 5.77. The number of carbonyl (C=O) groups excluding carboxylic acids is 1. The minimum absolute atomic E-state index is 0.309. The van der Waals surface area contributed by atoms with Gasteiger partial charge >= 0.3 is 0 Å². The zero-order valence-corrected chi connectivity index (χ0v) is 7.76. The Bertz CT molecular complexity index is 166. The van der Waals surface area contributed by atoms with E-state index in [1.165, 1.54) is 7.05 Å². The van der Waals surface area contributed by atoms with E-state index in [-0.39, 0.29) is 5.91 Å². The summed E-state index contributed by atoms with van der Waals surface area (Å²) in [5.74, 6) is -0.309. The van der Waals surface area contributed by atoms with E-state index in [0.29, 0.717) is 6.42 Å². The maximum Gasteiger partial charge on any atom is 0.248 e. The first-order chi connectivity index (χ1) is 5.57. The topological polar surface area (TPSA) is 49.3 Å². The van der Waals surface area contributed by atoms with Crippen LogP contribution in [0.4, 0.5) is 0 Å². The van der Waals surface area contributed by atoms with Crippen LogP contribution < -0.4 is 5.32 Å². The van der Waals surface area contributed by atoms with Crippen molar-refractivity contribution in [3.05, 3.63) is 12.2 Å². The van der Waals surface area contributed by atoms with Crippen LogP contribution in [0.25, 0.3) is 0 Å². The number of nitrogens with one attached hydrogen (secondary N) is 1. The molecule has 0 aromatic rings. The van der Waals surface area contributed by atoms with Crippen LogP contribution in [0.15, 0.2) is 12.2 Å². The third-order valence-corrected chi connectivity index (χ3v) is 1.63. The Morgan fingerprint density at radius 1 is 1.67 bits per heavy atom. The Balaban J connectivity index is 3.50. The standard InChI is InChI=1S/C9H17NO2/c1-7(2)5-4-6-8(11)9(12)10-3/h8,11H,1,4-6H2,2-3H3,(H,10,12). The highest BCUT2D eigenvalue weighted by molar-refractivity contribution is 5.79. The lowest BCUT2D eigenvalue weighted by molar-refractivity contribution is -0.129. The van der Waals surface area contributed by atoms with E-state index in [2.05, 4.69) is 11.9 Å². The molecule has 0 aliphatic carbocycles. The number of aliphatic hydroxyl groups excluding tert-OH is 1. The molecular weight excluding hydrogens is 154 g/mol. The molecule has 12 heavy (non-hydrogen) atoms. The normalized spacial score (nSPS) is 12.2. The van der Waals surface area contributed by atoms with Gasteiger partial charge in [0.15, 0.2) is 0 Å². The number of hydrogen-bond donors (Lipinski definition) is 2. The quantitative estimate of drug-likeness (QED) is 0.602. The lowest BCUT2D eigenvalue weighted by Crippen LogP contribution is -2.31. The molecule has 1 amide bonds. The van der Waals surface area contributed by atoms with Gasteiger partial charge in [0.05, 0.1) is 0 Å². The van der Waals surface area contributed by atoms with Crippen LogP contribution in [0.2, 0.25) is 0 Å². The van der Waals surface area contributed by atoms with Crippen molar-refractivity contribution in [2.45, 2.75) is 32.3 Å². The number of rotatable bonds is 5. The van der Waals surface area contributed by atoms with Crippen molar-refractivity contribution < 1.29 is 9.90 Å².